The molecule has 2 bridgehead atoms. The van der Waals surface area contributed by atoms with Gasteiger partial charge in [0.15, 0.2) is 0 Å². The minimum atomic E-state index is -3.86. The summed E-state index contributed by atoms with van der Waals surface area (Å²) in [5.74, 6) is -1.22. The van der Waals surface area contributed by atoms with Crippen molar-refractivity contribution in [2.75, 3.05) is 32.7 Å². The molecule has 2 heterocycles. The number of nitrogens with zero attached hydrogens (tertiary/aromatic N) is 2. The first-order chi connectivity index (χ1) is 14.8. The Balaban J connectivity index is 1.36. The molecule has 10 heteroatoms. The van der Waals surface area contributed by atoms with Gasteiger partial charge in [-0.05, 0) is 30.3 Å². The maximum atomic E-state index is 13.5. The van der Waals surface area contributed by atoms with Crippen molar-refractivity contribution in [3.8, 4) is 0 Å². The summed E-state index contributed by atoms with van der Waals surface area (Å²) >= 11 is 0. The van der Waals surface area contributed by atoms with Crippen LogP contribution >= 0.6 is 0 Å². The number of morpholine rings is 2. The van der Waals surface area contributed by atoms with Gasteiger partial charge in [0.2, 0.25) is 15.9 Å². The van der Waals surface area contributed by atoms with Crippen LogP contribution < -0.4 is 5.32 Å². The standard InChI is InChI=1S/C21H22FN3O5S/c22-16-7-4-8-19(9-16)31(28,29)25-13-17-11-24(12-18(14-25)30-17)20(26)10-23-21(27)15-5-2-1-3-6-15/h1-9,17-18H,10-14H2,(H,23,27). The van der Waals surface area contributed by atoms with Gasteiger partial charge in [-0.25, -0.2) is 12.8 Å². The van der Waals surface area contributed by atoms with Crippen LogP contribution in [0, 0.1) is 5.82 Å². The first kappa shape index (κ1) is 21.4. The summed E-state index contributed by atoms with van der Waals surface area (Å²) in [7, 11) is -3.86. The van der Waals surface area contributed by atoms with Crippen LogP contribution in [0.3, 0.4) is 0 Å². The van der Waals surface area contributed by atoms with E-state index < -0.39 is 28.0 Å². The Kier molecular flexibility index (Phi) is 6.03. The van der Waals surface area contributed by atoms with Gasteiger partial charge >= 0.3 is 0 Å². The molecule has 1 N–H and O–H groups in total. The number of hydrogen-bond donors (Lipinski definition) is 1. The SMILES string of the molecule is O=C(NCC(=O)N1CC2CN(S(=O)(=O)c3cccc(F)c3)CC(C1)O2)c1ccccc1. The number of hydrogen-bond acceptors (Lipinski definition) is 5. The third kappa shape index (κ3) is 4.76. The highest BCUT2D eigenvalue weighted by molar-refractivity contribution is 7.89. The van der Waals surface area contributed by atoms with Gasteiger partial charge in [0.1, 0.15) is 5.82 Å². The normalized spacial score (nSPS) is 21.5. The van der Waals surface area contributed by atoms with Crippen molar-refractivity contribution in [1.29, 1.82) is 0 Å². The molecule has 2 aromatic rings. The Morgan fingerprint density at radius 2 is 1.68 bits per heavy atom. The molecule has 164 valence electrons. The zero-order valence-electron chi connectivity index (χ0n) is 16.6. The maximum Gasteiger partial charge on any atom is 0.251 e. The van der Waals surface area contributed by atoms with E-state index in [0.717, 1.165) is 6.07 Å². The topological polar surface area (TPSA) is 96.0 Å². The Morgan fingerprint density at radius 1 is 1.00 bits per heavy atom. The molecule has 2 saturated heterocycles. The van der Waals surface area contributed by atoms with Crippen LogP contribution in [0.5, 0.6) is 0 Å². The molecule has 0 aromatic heterocycles. The van der Waals surface area contributed by atoms with E-state index in [1.54, 1.807) is 35.2 Å². The third-order valence-electron chi connectivity index (χ3n) is 5.27. The highest BCUT2D eigenvalue weighted by Crippen LogP contribution is 2.25. The van der Waals surface area contributed by atoms with Crippen LogP contribution in [0.25, 0.3) is 0 Å². The van der Waals surface area contributed by atoms with E-state index in [-0.39, 0.29) is 49.4 Å². The number of sulfonamides is 1. The molecule has 8 nitrogen and oxygen atoms in total. The molecular formula is C21H22FN3O5S. The van der Waals surface area contributed by atoms with Crippen molar-refractivity contribution in [3.05, 3.63) is 66.0 Å². The van der Waals surface area contributed by atoms with Gasteiger partial charge in [0.05, 0.1) is 23.6 Å². The van der Waals surface area contributed by atoms with E-state index in [4.69, 9.17) is 4.74 Å². The maximum absolute atomic E-state index is 13.5. The number of carbonyl (C=O) groups excluding carboxylic acids is 2. The molecule has 2 fully saturated rings. The van der Waals surface area contributed by atoms with Gasteiger partial charge in [-0.3, -0.25) is 9.59 Å². The summed E-state index contributed by atoms with van der Waals surface area (Å²) in [4.78, 5) is 26.2. The second kappa shape index (κ2) is 8.74. The summed E-state index contributed by atoms with van der Waals surface area (Å²) < 4.78 is 46.3. The first-order valence-electron chi connectivity index (χ1n) is 9.85. The number of halogens is 1. The van der Waals surface area contributed by atoms with E-state index in [1.165, 1.54) is 22.5 Å². The van der Waals surface area contributed by atoms with E-state index in [1.807, 2.05) is 0 Å². The number of benzene rings is 2. The number of rotatable bonds is 5. The average Bonchev–Trinajstić information content (AvgIpc) is 2.77. The number of amides is 2. The molecule has 2 amide bonds. The summed E-state index contributed by atoms with van der Waals surface area (Å²) in [6, 6.07) is 13.5. The molecule has 2 aromatic carbocycles. The molecule has 0 radical (unpaired) electrons. The molecule has 2 unspecified atom stereocenters. The molecule has 2 atom stereocenters. The quantitative estimate of drug-likeness (QED) is 0.734. The Bertz CT molecular complexity index is 1070. The predicted molar refractivity (Wildman–Crippen MR) is 109 cm³/mol. The fourth-order valence-corrected chi connectivity index (χ4v) is 5.33. The van der Waals surface area contributed by atoms with Gasteiger partial charge in [-0.15, -0.1) is 0 Å². The van der Waals surface area contributed by atoms with Gasteiger partial charge < -0.3 is 15.0 Å². The number of nitrogens with one attached hydrogen (secondary N) is 1. The van der Waals surface area contributed by atoms with Gasteiger partial charge in [0.25, 0.3) is 5.91 Å². The lowest BCUT2D eigenvalue weighted by molar-refractivity contribution is -0.153. The largest absolute Gasteiger partial charge is 0.369 e. The van der Waals surface area contributed by atoms with E-state index in [0.29, 0.717) is 5.56 Å². The van der Waals surface area contributed by atoms with E-state index >= 15 is 0 Å². The summed E-state index contributed by atoms with van der Waals surface area (Å²) in [6.45, 7) is 0.404. The minimum absolute atomic E-state index is 0.0650. The zero-order valence-corrected chi connectivity index (χ0v) is 17.4. The number of carbonyl (C=O) groups is 2. The summed E-state index contributed by atoms with van der Waals surface area (Å²) in [6.07, 6.45) is -0.991. The molecule has 4 rings (SSSR count). The van der Waals surface area contributed by atoms with Gasteiger partial charge in [-0.1, -0.05) is 24.3 Å². The number of ether oxygens (including phenoxy) is 1. The molecule has 2 aliphatic rings. The summed E-state index contributed by atoms with van der Waals surface area (Å²) in [5, 5.41) is 2.61. The average molecular weight is 447 g/mol. The van der Waals surface area contributed by atoms with Crippen molar-refractivity contribution in [1.82, 2.24) is 14.5 Å². The first-order valence-corrected chi connectivity index (χ1v) is 11.3. The Labute approximate surface area is 179 Å². The van der Waals surface area contributed by atoms with Crippen molar-refractivity contribution in [2.24, 2.45) is 0 Å². The van der Waals surface area contributed by atoms with E-state index in [9.17, 15) is 22.4 Å². The fraction of sp³-hybridized carbons (Fsp3) is 0.333. The van der Waals surface area contributed by atoms with Gasteiger partial charge in [0, 0.05) is 31.7 Å². The van der Waals surface area contributed by atoms with Crippen molar-refractivity contribution in [3.63, 3.8) is 0 Å². The number of fused-ring (bicyclic) bond motifs is 2. The fourth-order valence-electron chi connectivity index (χ4n) is 3.79. The molecule has 0 aliphatic carbocycles. The lowest BCUT2D eigenvalue weighted by atomic mass is 10.1. The predicted octanol–water partition coefficient (Wildman–Crippen LogP) is 0.856. The monoisotopic (exact) mass is 447 g/mol. The van der Waals surface area contributed by atoms with Crippen LogP contribution in [-0.4, -0.2) is 74.4 Å². The Morgan fingerprint density at radius 3 is 2.32 bits per heavy atom. The summed E-state index contributed by atoms with van der Waals surface area (Å²) in [5.41, 5.74) is 0.465. The molecule has 2 aliphatic heterocycles. The zero-order chi connectivity index (χ0) is 22.0. The second-order valence-corrected chi connectivity index (χ2v) is 9.44. The minimum Gasteiger partial charge on any atom is -0.369 e. The van der Waals surface area contributed by atoms with Crippen LogP contribution in [0.15, 0.2) is 59.5 Å². The van der Waals surface area contributed by atoms with Crippen molar-refractivity contribution < 1.29 is 27.1 Å². The van der Waals surface area contributed by atoms with Crippen LogP contribution in [-0.2, 0) is 19.6 Å². The van der Waals surface area contributed by atoms with Crippen LogP contribution in [0.4, 0.5) is 4.39 Å². The van der Waals surface area contributed by atoms with Gasteiger partial charge in [-0.2, -0.15) is 4.31 Å². The lowest BCUT2D eigenvalue weighted by Gasteiger charge is -2.45. The molecule has 31 heavy (non-hydrogen) atoms. The lowest BCUT2D eigenvalue weighted by Crippen LogP contribution is -2.62. The Hall–Kier alpha value is -2.82. The van der Waals surface area contributed by atoms with Crippen LogP contribution in [0.1, 0.15) is 10.4 Å². The third-order valence-corrected chi connectivity index (χ3v) is 7.10. The second-order valence-electron chi connectivity index (χ2n) is 7.51. The molecule has 0 spiro atoms. The van der Waals surface area contributed by atoms with Crippen molar-refractivity contribution in [2.45, 2.75) is 17.1 Å². The van der Waals surface area contributed by atoms with Crippen molar-refractivity contribution >= 4 is 21.8 Å². The highest BCUT2D eigenvalue weighted by Gasteiger charge is 2.41. The smallest absolute Gasteiger partial charge is 0.251 e. The van der Waals surface area contributed by atoms with Crippen LogP contribution in [0.2, 0.25) is 0 Å². The molecule has 0 saturated carbocycles. The van der Waals surface area contributed by atoms with E-state index in [2.05, 4.69) is 5.32 Å². The molecular weight excluding hydrogens is 425 g/mol. The highest BCUT2D eigenvalue weighted by atomic mass is 32.2.